The number of barbiturate groups is 1. The van der Waals surface area contributed by atoms with Gasteiger partial charge in [-0.1, -0.05) is 51.1 Å². The van der Waals surface area contributed by atoms with E-state index in [4.69, 9.17) is 4.98 Å². The van der Waals surface area contributed by atoms with Gasteiger partial charge < -0.3 is 0 Å². The van der Waals surface area contributed by atoms with Crippen molar-refractivity contribution in [1.82, 2.24) is 19.2 Å². The van der Waals surface area contributed by atoms with E-state index in [1.54, 1.807) is 0 Å². The second-order valence-electron chi connectivity index (χ2n) is 8.67. The number of fused-ring (bicyclic) bond motifs is 1. The minimum Gasteiger partial charge on any atom is -0.299 e. The highest BCUT2D eigenvalue weighted by atomic mass is 16.2. The summed E-state index contributed by atoms with van der Waals surface area (Å²) in [5, 5.41) is 0. The Morgan fingerprint density at radius 1 is 0.871 bits per heavy atom. The van der Waals surface area contributed by atoms with Gasteiger partial charge in [0.2, 0.25) is 0 Å². The molecule has 1 fully saturated rings. The van der Waals surface area contributed by atoms with E-state index in [0.29, 0.717) is 11.5 Å². The molecule has 4 amide bonds. The summed E-state index contributed by atoms with van der Waals surface area (Å²) >= 11 is 0. The van der Waals surface area contributed by atoms with E-state index in [9.17, 15) is 14.4 Å². The number of hydrogen-bond donors (Lipinski definition) is 0. The second-order valence-corrected chi connectivity index (χ2v) is 8.67. The molecule has 1 aliphatic heterocycles. The molecule has 0 atom stereocenters. The average Bonchev–Trinajstić information content (AvgIpc) is 3.12. The Kier molecular flexibility index (Phi) is 4.76. The number of nitrogens with zero attached hydrogens (tertiary/aromatic N) is 4. The molecular formula is C24H24N4O3. The van der Waals surface area contributed by atoms with Crippen molar-refractivity contribution in [2.45, 2.75) is 26.2 Å². The Labute approximate surface area is 180 Å². The molecule has 0 N–H and O–H groups in total. The molecule has 0 aliphatic carbocycles. The molecule has 0 saturated carbocycles. The first-order valence-corrected chi connectivity index (χ1v) is 9.99. The van der Waals surface area contributed by atoms with Gasteiger partial charge >= 0.3 is 6.03 Å². The predicted octanol–water partition coefficient (Wildman–Crippen LogP) is 3.73. The van der Waals surface area contributed by atoms with Crippen LogP contribution in [-0.2, 0) is 15.0 Å². The van der Waals surface area contributed by atoms with E-state index in [2.05, 4.69) is 32.9 Å². The fourth-order valence-corrected chi connectivity index (χ4v) is 3.60. The molecule has 1 aromatic carbocycles. The molecule has 7 nitrogen and oxygen atoms in total. The lowest BCUT2D eigenvalue weighted by Gasteiger charge is -2.28. The van der Waals surface area contributed by atoms with E-state index in [-0.39, 0.29) is 11.0 Å². The highest BCUT2D eigenvalue weighted by molar-refractivity contribution is 6.30. The van der Waals surface area contributed by atoms with Crippen molar-refractivity contribution in [3.63, 3.8) is 0 Å². The number of imide groups is 2. The largest absolute Gasteiger partial charge is 0.333 e. The van der Waals surface area contributed by atoms with Crippen molar-refractivity contribution in [2.24, 2.45) is 0 Å². The monoisotopic (exact) mass is 416 g/mol. The molecule has 0 unspecified atom stereocenters. The van der Waals surface area contributed by atoms with Gasteiger partial charge in [-0.2, -0.15) is 0 Å². The van der Waals surface area contributed by atoms with E-state index >= 15 is 0 Å². The molecule has 0 spiro atoms. The van der Waals surface area contributed by atoms with E-state index < -0.39 is 17.8 Å². The predicted molar refractivity (Wildman–Crippen MR) is 118 cm³/mol. The highest BCUT2D eigenvalue weighted by Crippen LogP contribution is 2.28. The van der Waals surface area contributed by atoms with Gasteiger partial charge in [-0.3, -0.25) is 23.8 Å². The van der Waals surface area contributed by atoms with Gasteiger partial charge in [-0.25, -0.2) is 9.78 Å². The number of aromatic nitrogens is 2. The molecule has 1 aliphatic rings. The van der Waals surface area contributed by atoms with Gasteiger partial charge in [0.25, 0.3) is 11.8 Å². The molecule has 3 aromatic rings. The minimum atomic E-state index is -0.651. The van der Waals surface area contributed by atoms with Crippen LogP contribution in [0.25, 0.3) is 23.0 Å². The number of pyridine rings is 1. The summed E-state index contributed by atoms with van der Waals surface area (Å²) in [6.07, 6.45) is 3.36. The molecule has 7 heteroatoms. The van der Waals surface area contributed by atoms with Gasteiger partial charge in [0, 0.05) is 25.9 Å². The maximum Gasteiger partial charge on any atom is 0.333 e. The Bertz CT molecular complexity index is 1220. The zero-order valence-electron chi connectivity index (χ0n) is 18.2. The van der Waals surface area contributed by atoms with Crippen LogP contribution in [0.5, 0.6) is 0 Å². The number of urea groups is 1. The summed E-state index contributed by atoms with van der Waals surface area (Å²) in [5.41, 5.74) is 3.33. The van der Waals surface area contributed by atoms with E-state index in [1.165, 1.54) is 25.7 Å². The van der Waals surface area contributed by atoms with Crippen molar-refractivity contribution < 1.29 is 14.4 Å². The van der Waals surface area contributed by atoms with Gasteiger partial charge in [0.05, 0.1) is 11.2 Å². The standard InChI is InChI=1S/C24H24N4O3/c1-24(2,3)16-11-9-15(10-12-16)20-25-18(19-8-6-7-13-28(19)20)14-17-21(29)26(4)23(31)27(5)22(17)30/h6-14H,1-5H3. The zero-order chi connectivity index (χ0) is 22.5. The number of benzene rings is 1. The SMILES string of the molecule is CN1C(=O)C(=Cc2nc(-c3ccc(C(C)(C)C)cc3)n3ccccc23)C(=O)N(C)C1=O. The second kappa shape index (κ2) is 7.19. The Morgan fingerprint density at radius 2 is 1.48 bits per heavy atom. The molecular weight excluding hydrogens is 392 g/mol. The normalized spacial score (nSPS) is 15.3. The van der Waals surface area contributed by atoms with Crippen molar-refractivity contribution in [3.05, 3.63) is 65.5 Å². The number of rotatable bonds is 2. The smallest absolute Gasteiger partial charge is 0.299 e. The molecule has 3 heterocycles. The lowest BCUT2D eigenvalue weighted by molar-refractivity contribution is -0.134. The lowest BCUT2D eigenvalue weighted by atomic mass is 9.87. The fourth-order valence-electron chi connectivity index (χ4n) is 3.60. The van der Waals surface area contributed by atoms with Crippen LogP contribution in [0.4, 0.5) is 4.79 Å². The summed E-state index contributed by atoms with van der Waals surface area (Å²) in [5.74, 6) is -0.570. The van der Waals surface area contributed by atoms with Gasteiger partial charge in [-0.05, 0) is 29.2 Å². The molecule has 2 aromatic heterocycles. The lowest BCUT2D eigenvalue weighted by Crippen LogP contribution is -2.52. The maximum absolute atomic E-state index is 12.6. The van der Waals surface area contributed by atoms with Crippen LogP contribution in [-0.4, -0.2) is 51.1 Å². The third-order valence-corrected chi connectivity index (χ3v) is 5.51. The number of carbonyl (C=O) groups is 3. The maximum atomic E-state index is 12.6. The van der Waals surface area contributed by atoms with Crippen LogP contribution in [0.2, 0.25) is 0 Å². The van der Waals surface area contributed by atoms with Crippen LogP contribution in [0, 0.1) is 0 Å². The fraction of sp³-hybridized carbons (Fsp3) is 0.250. The van der Waals surface area contributed by atoms with Crippen LogP contribution < -0.4 is 0 Å². The summed E-state index contributed by atoms with van der Waals surface area (Å²) < 4.78 is 1.93. The first-order chi connectivity index (χ1) is 14.6. The van der Waals surface area contributed by atoms with E-state index in [0.717, 1.165) is 20.9 Å². The number of carbonyl (C=O) groups excluding carboxylic acids is 3. The highest BCUT2D eigenvalue weighted by Gasteiger charge is 2.38. The first-order valence-electron chi connectivity index (χ1n) is 9.99. The van der Waals surface area contributed by atoms with E-state index in [1.807, 2.05) is 40.9 Å². The van der Waals surface area contributed by atoms with Crippen LogP contribution in [0.3, 0.4) is 0 Å². The van der Waals surface area contributed by atoms with Crippen LogP contribution in [0.1, 0.15) is 32.0 Å². The average molecular weight is 416 g/mol. The number of hydrogen-bond acceptors (Lipinski definition) is 4. The molecule has 158 valence electrons. The number of imidazole rings is 1. The molecule has 0 bridgehead atoms. The van der Waals surface area contributed by atoms with Crippen molar-refractivity contribution >= 4 is 29.4 Å². The van der Waals surface area contributed by atoms with Crippen molar-refractivity contribution in [1.29, 1.82) is 0 Å². The first kappa shape index (κ1) is 20.5. The van der Waals surface area contributed by atoms with Gasteiger partial charge in [-0.15, -0.1) is 0 Å². The zero-order valence-corrected chi connectivity index (χ0v) is 18.2. The van der Waals surface area contributed by atoms with Crippen LogP contribution >= 0.6 is 0 Å². The topological polar surface area (TPSA) is 75.0 Å². The molecule has 1 saturated heterocycles. The summed E-state index contributed by atoms with van der Waals surface area (Å²) in [6, 6.07) is 13.2. The molecule has 4 rings (SSSR count). The van der Waals surface area contributed by atoms with Gasteiger partial charge in [0.1, 0.15) is 11.4 Å². The van der Waals surface area contributed by atoms with Crippen LogP contribution in [0.15, 0.2) is 54.2 Å². The summed E-state index contributed by atoms with van der Waals surface area (Å²) in [7, 11) is 2.71. The molecule has 31 heavy (non-hydrogen) atoms. The Morgan fingerprint density at radius 3 is 2.06 bits per heavy atom. The van der Waals surface area contributed by atoms with Gasteiger partial charge in [0.15, 0.2) is 0 Å². The number of likely N-dealkylation sites (N-methyl/N-ethyl adjacent to an activating group) is 2. The summed E-state index contributed by atoms with van der Waals surface area (Å²) in [4.78, 5) is 43.8. The minimum absolute atomic E-state index is 0.0416. The quantitative estimate of drug-likeness (QED) is 0.471. The summed E-state index contributed by atoms with van der Waals surface area (Å²) in [6.45, 7) is 6.48. The van der Waals surface area contributed by atoms with Crippen molar-refractivity contribution in [2.75, 3.05) is 14.1 Å². The van der Waals surface area contributed by atoms with Crippen molar-refractivity contribution in [3.8, 4) is 11.4 Å². The Hall–Kier alpha value is -3.74. The third-order valence-electron chi connectivity index (χ3n) is 5.51. The number of amides is 4. The Balaban J connectivity index is 1.84. The molecule has 0 radical (unpaired) electrons. The third kappa shape index (κ3) is 3.42.